The highest BCUT2D eigenvalue weighted by Gasteiger charge is 2.44. The van der Waals surface area contributed by atoms with Crippen LogP contribution in [0.2, 0.25) is 10.0 Å². The number of hydrogen-bond donors (Lipinski definition) is 0. The van der Waals surface area contributed by atoms with Crippen LogP contribution in [-0.4, -0.2) is 57.2 Å². The predicted molar refractivity (Wildman–Crippen MR) is 162 cm³/mol. The molecule has 222 valence electrons. The number of piperidine rings is 2. The number of halogens is 2. The molecule has 3 atom stereocenters. The smallest absolute Gasteiger partial charge is 0.228 e. The summed E-state index contributed by atoms with van der Waals surface area (Å²) < 4.78 is 22.6. The van der Waals surface area contributed by atoms with Gasteiger partial charge in [-0.3, -0.25) is 9.59 Å². The van der Waals surface area contributed by atoms with Crippen molar-refractivity contribution in [3.05, 3.63) is 76.3 Å². The number of hydrogen-bond acceptors (Lipinski definition) is 6. The van der Waals surface area contributed by atoms with Gasteiger partial charge in [-0.25, -0.2) is 0 Å². The zero-order chi connectivity index (χ0) is 29.8. The van der Waals surface area contributed by atoms with Crippen LogP contribution in [0, 0.1) is 5.92 Å². The van der Waals surface area contributed by atoms with Crippen LogP contribution in [0.4, 0.5) is 5.69 Å². The van der Waals surface area contributed by atoms with Gasteiger partial charge in [0, 0.05) is 24.7 Å². The second-order valence-corrected chi connectivity index (χ2v) is 11.2. The third kappa shape index (κ3) is 6.25. The lowest BCUT2D eigenvalue weighted by Gasteiger charge is -2.43. The fourth-order valence-corrected chi connectivity index (χ4v) is 6.12. The standard InChI is InChI=1S/C32H34Cl2N2O6/c1-39-22-9-7-21(8-10-22)36-30(37)15-12-25(31(36)20-6-14-28(40-2)29(17-20)41-3)32(38)35-16-4-5-24(19-35)42-23-11-13-26(33)27(34)18-23/h6-11,13-14,17-18,24-25,31H,4-5,12,15-16,19H2,1-3H3. The first kappa shape index (κ1) is 29.9. The molecule has 3 aromatic rings. The lowest BCUT2D eigenvalue weighted by atomic mass is 9.82. The molecule has 0 radical (unpaired) electrons. The molecule has 0 saturated carbocycles. The maximum absolute atomic E-state index is 14.3. The van der Waals surface area contributed by atoms with Crippen LogP contribution >= 0.6 is 23.2 Å². The molecule has 10 heteroatoms. The Morgan fingerprint density at radius 3 is 2.26 bits per heavy atom. The topological polar surface area (TPSA) is 77.5 Å². The van der Waals surface area contributed by atoms with Crippen molar-refractivity contribution in [1.82, 2.24) is 4.90 Å². The first-order valence-electron chi connectivity index (χ1n) is 13.9. The number of nitrogens with zero attached hydrogens (tertiary/aromatic N) is 2. The van der Waals surface area contributed by atoms with E-state index in [-0.39, 0.29) is 24.3 Å². The van der Waals surface area contributed by atoms with Crippen molar-refractivity contribution in [2.75, 3.05) is 39.3 Å². The van der Waals surface area contributed by atoms with Gasteiger partial charge >= 0.3 is 0 Å². The van der Waals surface area contributed by atoms with E-state index >= 15 is 0 Å². The molecule has 0 aromatic heterocycles. The number of anilines is 1. The summed E-state index contributed by atoms with van der Waals surface area (Å²) in [5.74, 6) is 1.85. The number of benzene rings is 3. The highest BCUT2D eigenvalue weighted by atomic mass is 35.5. The van der Waals surface area contributed by atoms with E-state index < -0.39 is 12.0 Å². The van der Waals surface area contributed by atoms with Gasteiger partial charge in [0.05, 0.1) is 49.9 Å². The Morgan fingerprint density at radius 1 is 0.833 bits per heavy atom. The Morgan fingerprint density at radius 2 is 1.57 bits per heavy atom. The molecule has 0 aliphatic carbocycles. The number of rotatable bonds is 8. The van der Waals surface area contributed by atoms with Crippen LogP contribution in [0.15, 0.2) is 60.7 Å². The molecule has 5 rings (SSSR count). The average Bonchev–Trinajstić information content (AvgIpc) is 3.02. The second kappa shape index (κ2) is 13.1. The van der Waals surface area contributed by atoms with E-state index in [0.29, 0.717) is 58.2 Å². The van der Waals surface area contributed by atoms with E-state index in [1.165, 1.54) is 0 Å². The second-order valence-electron chi connectivity index (χ2n) is 10.4. The molecular formula is C32H34Cl2N2O6. The summed E-state index contributed by atoms with van der Waals surface area (Å²) in [7, 11) is 4.74. The Hall–Kier alpha value is -3.62. The number of carbonyl (C=O) groups is 2. The van der Waals surface area contributed by atoms with Gasteiger partial charge < -0.3 is 28.7 Å². The highest BCUT2D eigenvalue weighted by molar-refractivity contribution is 6.42. The van der Waals surface area contributed by atoms with Crippen molar-refractivity contribution in [3.63, 3.8) is 0 Å². The van der Waals surface area contributed by atoms with Crippen LogP contribution in [0.1, 0.15) is 37.3 Å². The van der Waals surface area contributed by atoms with Gasteiger partial charge in [0.1, 0.15) is 17.6 Å². The molecule has 3 unspecified atom stereocenters. The molecule has 0 spiro atoms. The zero-order valence-corrected chi connectivity index (χ0v) is 25.4. The fourth-order valence-electron chi connectivity index (χ4n) is 5.83. The minimum absolute atomic E-state index is 0.0109. The SMILES string of the molecule is COc1ccc(N2C(=O)CCC(C(=O)N3CCCC(Oc4ccc(Cl)c(Cl)c4)C3)C2c2ccc(OC)c(OC)c2)cc1. The molecule has 2 aliphatic heterocycles. The Balaban J connectivity index is 1.46. The zero-order valence-electron chi connectivity index (χ0n) is 23.8. The molecule has 8 nitrogen and oxygen atoms in total. The molecule has 2 amide bonds. The first-order chi connectivity index (χ1) is 20.3. The minimum Gasteiger partial charge on any atom is -0.497 e. The largest absolute Gasteiger partial charge is 0.497 e. The summed E-state index contributed by atoms with van der Waals surface area (Å²) in [6, 6.07) is 17.5. The molecule has 0 N–H and O–H groups in total. The number of amides is 2. The van der Waals surface area contributed by atoms with E-state index in [1.807, 2.05) is 47.4 Å². The predicted octanol–water partition coefficient (Wildman–Crippen LogP) is 6.57. The Labute approximate surface area is 256 Å². The summed E-state index contributed by atoms with van der Waals surface area (Å²) in [4.78, 5) is 31.5. The minimum atomic E-state index is -0.552. The van der Waals surface area contributed by atoms with Crippen LogP contribution < -0.4 is 23.8 Å². The highest BCUT2D eigenvalue weighted by Crippen LogP contribution is 2.43. The third-order valence-electron chi connectivity index (χ3n) is 7.90. The van der Waals surface area contributed by atoms with Crippen LogP contribution in [0.5, 0.6) is 23.0 Å². The van der Waals surface area contributed by atoms with Crippen molar-refractivity contribution < 1.29 is 28.5 Å². The molecule has 2 heterocycles. The number of ether oxygens (including phenoxy) is 4. The van der Waals surface area contributed by atoms with Crippen LogP contribution in [0.25, 0.3) is 0 Å². The molecule has 2 fully saturated rings. The fraction of sp³-hybridized carbons (Fsp3) is 0.375. The third-order valence-corrected chi connectivity index (χ3v) is 8.64. The monoisotopic (exact) mass is 612 g/mol. The van der Waals surface area contributed by atoms with Crippen molar-refractivity contribution in [2.45, 2.75) is 37.8 Å². The van der Waals surface area contributed by atoms with Gasteiger partial charge in [-0.1, -0.05) is 29.3 Å². The van der Waals surface area contributed by atoms with E-state index in [2.05, 4.69) is 0 Å². The van der Waals surface area contributed by atoms with Crippen molar-refractivity contribution in [1.29, 1.82) is 0 Å². The van der Waals surface area contributed by atoms with Gasteiger partial charge in [0.25, 0.3) is 0 Å². The van der Waals surface area contributed by atoms with E-state index in [9.17, 15) is 9.59 Å². The maximum Gasteiger partial charge on any atom is 0.228 e. The van der Waals surface area contributed by atoms with Crippen molar-refractivity contribution in [2.24, 2.45) is 5.92 Å². The van der Waals surface area contributed by atoms with E-state index in [1.54, 1.807) is 44.4 Å². The van der Waals surface area contributed by atoms with Crippen LogP contribution in [0.3, 0.4) is 0 Å². The maximum atomic E-state index is 14.3. The Bertz CT molecular complexity index is 1430. The molecular weight excluding hydrogens is 579 g/mol. The number of methoxy groups -OCH3 is 3. The first-order valence-corrected chi connectivity index (χ1v) is 14.7. The lowest BCUT2D eigenvalue weighted by Crippen LogP contribution is -2.52. The molecule has 3 aromatic carbocycles. The molecule has 0 bridgehead atoms. The molecule has 2 saturated heterocycles. The summed E-state index contributed by atoms with van der Waals surface area (Å²) in [6.07, 6.45) is 2.10. The quantitative estimate of drug-likeness (QED) is 0.286. The molecule has 42 heavy (non-hydrogen) atoms. The van der Waals surface area contributed by atoms with E-state index in [4.69, 9.17) is 42.1 Å². The summed E-state index contributed by atoms with van der Waals surface area (Å²) in [5.41, 5.74) is 1.48. The van der Waals surface area contributed by atoms with Gasteiger partial charge in [-0.05, 0) is 73.4 Å². The summed E-state index contributed by atoms with van der Waals surface area (Å²) >= 11 is 12.3. The molecule has 2 aliphatic rings. The number of likely N-dealkylation sites (tertiary alicyclic amines) is 1. The van der Waals surface area contributed by atoms with Crippen molar-refractivity contribution >= 4 is 40.7 Å². The lowest BCUT2D eigenvalue weighted by molar-refractivity contribution is -0.141. The van der Waals surface area contributed by atoms with Crippen LogP contribution in [-0.2, 0) is 9.59 Å². The van der Waals surface area contributed by atoms with Gasteiger partial charge in [-0.15, -0.1) is 0 Å². The van der Waals surface area contributed by atoms with Gasteiger partial charge in [-0.2, -0.15) is 0 Å². The Kier molecular flexibility index (Phi) is 9.34. The summed E-state index contributed by atoms with van der Waals surface area (Å²) in [6.45, 7) is 1.05. The number of carbonyl (C=O) groups excluding carboxylic acids is 2. The normalized spacial score (nSPS) is 20.7. The van der Waals surface area contributed by atoms with Gasteiger partial charge in [0.15, 0.2) is 11.5 Å². The van der Waals surface area contributed by atoms with Crippen molar-refractivity contribution in [3.8, 4) is 23.0 Å². The average molecular weight is 614 g/mol. The van der Waals surface area contributed by atoms with Gasteiger partial charge in [0.2, 0.25) is 11.8 Å². The summed E-state index contributed by atoms with van der Waals surface area (Å²) in [5, 5.41) is 0.875. The van der Waals surface area contributed by atoms with E-state index in [0.717, 1.165) is 18.4 Å².